The predicted molar refractivity (Wildman–Crippen MR) is 121 cm³/mol. The van der Waals surface area contributed by atoms with Crippen LogP contribution < -0.4 is 19.5 Å². The van der Waals surface area contributed by atoms with Crippen LogP contribution in [0, 0.1) is 6.92 Å². The summed E-state index contributed by atoms with van der Waals surface area (Å²) in [6.45, 7) is 1.60. The topological polar surface area (TPSA) is 95.7 Å². The maximum absolute atomic E-state index is 13.6. The number of carbonyl (C=O) groups excluding carboxylic acids is 1. The van der Waals surface area contributed by atoms with Crippen LogP contribution in [-0.2, 0) is 6.18 Å². The Labute approximate surface area is 197 Å². The Hall–Kier alpha value is -4.28. The number of aromatic nitrogens is 2. The third-order valence-electron chi connectivity index (χ3n) is 5.29. The number of ether oxygens (including phenoxy) is 3. The van der Waals surface area contributed by atoms with E-state index >= 15 is 0 Å². The molecule has 0 spiro atoms. The normalized spacial score (nSPS) is 11.4. The summed E-state index contributed by atoms with van der Waals surface area (Å²) >= 11 is 0. The number of amides is 1. The van der Waals surface area contributed by atoms with Gasteiger partial charge in [0, 0.05) is 23.4 Å². The lowest BCUT2D eigenvalue weighted by molar-refractivity contribution is -0.137. The number of alkyl halides is 3. The predicted octanol–water partition coefficient (Wildman–Crippen LogP) is 5.50. The van der Waals surface area contributed by atoms with Gasteiger partial charge in [0.2, 0.25) is 5.75 Å². The van der Waals surface area contributed by atoms with Gasteiger partial charge in [0.15, 0.2) is 11.5 Å². The number of nitrogens with one attached hydrogen (secondary N) is 1. The minimum atomic E-state index is -4.62. The quantitative estimate of drug-likeness (QED) is 0.384. The molecule has 0 aliphatic rings. The van der Waals surface area contributed by atoms with Crippen LogP contribution in [0.5, 0.6) is 17.2 Å². The van der Waals surface area contributed by atoms with Crippen molar-refractivity contribution in [1.82, 2.24) is 10.1 Å². The van der Waals surface area contributed by atoms with Crippen molar-refractivity contribution in [2.24, 2.45) is 0 Å². The van der Waals surface area contributed by atoms with Crippen molar-refractivity contribution in [1.29, 1.82) is 0 Å². The number of rotatable bonds is 6. The molecule has 182 valence electrons. The van der Waals surface area contributed by atoms with Gasteiger partial charge in [-0.05, 0) is 19.1 Å². The third kappa shape index (κ3) is 4.44. The van der Waals surface area contributed by atoms with Crippen molar-refractivity contribution in [3.8, 4) is 28.5 Å². The van der Waals surface area contributed by atoms with E-state index in [2.05, 4.69) is 15.5 Å². The van der Waals surface area contributed by atoms with E-state index in [4.69, 9.17) is 18.7 Å². The summed E-state index contributed by atoms with van der Waals surface area (Å²) in [4.78, 5) is 17.6. The van der Waals surface area contributed by atoms with Gasteiger partial charge in [0.1, 0.15) is 0 Å². The molecular formula is C24H20F3N3O5. The van der Waals surface area contributed by atoms with Gasteiger partial charge in [0.25, 0.3) is 11.6 Å². The highest BCUT2D eigenvalue weighted by Crippen LogP contribution is 2.41. The maximum Gasteiger partial charge on any atom is 0.417 e. The summed E-state index contributed by atoms with van der Waals surface area (Å²) in [5.41, 5.74) is -0.533. The number of pyridine rings is 1. The molecule has 35 heavy (non-hydrogen) atoms. The third-order valence-corrected chi connectivity index (χ3v) is 5.29. The fraction of sp³-hybridized carbons (Fsp3) is 0.208. The molecule has 0 radical (unpaired) electrons. The average Bonchev–Trinajstić information content (AvgIpc) is 3.22. The molecule has 8 nitrogen and oxygen atoms in total. The summed E-state index contributed by atoms with van der Waals surface area (Å²) < 4.78 is 62.0. The zero-order valence-electron chi connectivity index (χ0n) is 19.1. The molecular weight excluding hydrogens is 467 g/mol. The Morgan fingerprint density at radius 3 is 2.26 bits per heavy atom. The number of benzene rings is 2. The zero-order valence-corrected chi connectivity index (χ0v) is 19.1. The first-order valence-electron chi connectivity index (χ1n) is 10.2. The van der Waals surface area contributed by atoms with Crippen molar-refractivity contribution in [3.05, 3.63) is 59.3 Å². The summed E-state index contributed by atoms with van der Waals surface area (Å²) in [6, 6.07) is 9.29. The smallest absolute Gasteiger partial charge is 0.417 e. The van der Waals surface area contributed by atoms with Crippen LogP contribution in [0.4, 0.5) is 18.9 Å². The molecule has 4 rings (SSSR count). The second kappa shape index (κ2) is 9.16. The summed E-state index contributed by atoms with van der Waals surface area (Å²) in [7, 11) is 4.31. The van der Waals surface area contributed by atoms with Gasteiger partial charge in [-0.15, -0.1) is 0 Å². The number of fused-ring (bicyclic) bond motifs is 1. The lowest BCUT2D eigenvalue weighted by Crippen LogP contribution is -2.14. The second-order valence-electron chi connectivity index (χ2n) is 7.41. The number of nitrogens with zero attached hydrogens (tertiary/aromatic N) is 2. The number of methoxy groups -OCH3 is 3. The highest BCUT2D eigenvalue weighted by Gasteiger charge is 2.34. The molecule has 4 aromatic rings. The van der Waals surface area contributed by atoms with Crippen LogP contribution in [0.25, 0.3) is 22.4 Å². The molecule has 1 N–H and O–H groups in total. The highest BCUT2D eigenvalue weighted by atomic mass is 19.4. The number of halogens is 3. The van der Waals surface area contributed by atoms with Crippen LogP contribution in [0.1, 0.15) is 21.6 Å². The zero-order chi connectivity index (χ0) is 25.3. The van der Waals surface area contributed by atoms with E-state index in [1.165, 1.54) is 57.7 Å². The molecule has 1 amide bonds. The summed E-state index contributed by atoms with van der Waals surface area (Å²) in [5, 5.41) is 6.83. The fourth-order valence-electron chi connectivity index (χ4n) is 3.72. The molecule has 2 heterocycles. The van der Waals surface area contributed by atoms with Crippen molar-refractivity contribution < 1.29 is 36.7 Å². The molecule has 0 unspecified atom stereocenters. The van der Waals surface area contributed by atoms with E-state index < -0.39 is 17.6 Å². The minimum Gasteiger partial charge on any atom is -0.493 e. The Balaban J connectivity index is 1.84. The number of carbonyl (C=O) groups is 1. The first-order chi connectivity index (χ1) is 16.7. The van der Waals surface area contributed by atoms with E-state index in [0.29, 0.717) is 28.6 Å². The van der Waals surface area contributed by atoms with Crippen LogP contribution in [0.3, 0.4) is 0 Å². The monoisotopic (exact) mass is 487 g/mol. The first-order valence-corrected chi connectivity index (χ1v) is 10.2. The van der Waals surface area contributed by atoms with Crippen molar-refractivity contribution in [2.45, 2.75) is 13.1 Å². The van der Waals surface area contributed by atoms with E-state index in [1.54, 1.807) is 6.92 Å². The molecule has 0 aliphatic heterocycles. The summed E-state index contributed by atoms with van der Waals surface area (Å²) in [6.07, 6.45) is -4.62. The van der Waals surface area contributed by atoms with Crippen molar-refractivity contribution >= 4 is 22.7 Å². The number of anilines is 1. The Morgan fingerprint density at radius 1 is 1.00 bits per heavy atom. The van der Waals surface area contributed by atoms with E-state index in [9.17, 15) is 18.0 Å². The number of hydrogen-bond acceptors (Lipinski definition) is 7. The molecule has 11 heteroatoms. The Morgan fingerprint density at radius 2 is 1.66 bits per heavy atom. The Bertz CT molecular complexity index is 1390. The lowest BCUT2D eigenvalue weighted by atomic mass is 10.0. The van der Waals surface area contributed by atoms with Gasteiger partial charge in [-0.2, -0.15) is 13.2 Å². The molecule has 2 aromatic carbocycles. The fourth-order valence-corrected chi connectivity index (χ4v) is 3.72. The van der Waals surface area contributed by atoms with Gasteiger partial charge in [-0.1, -0.05) is 23.4 Å². The van der Waals surface area contributed by atoms with E-state index in [-0.39, 0.29) is 27.9 Å². The largest absolute Gasteiger partial charge is 0.493 e. The van der Waals surface area contributed by atoms with Crippen molar-refractivity contribution in [2.75, 3.05) is 26.6 Å². The standard InChI is InChI=1S/C24H20F3N3O5/c1-12-20-15(22(31)28-13-9-18(32-2)21(34-4)19(10-13)33-3)11-17(29-23(20)35-30-12)14-7-5-6-8-16(14)24(25,26)27/h5-11H,1-4H3,(H,28,31). The van der Waals surface area contributed by atoms with Crippen LogP contribution in [0.2, 0.25) is 0 Å². The van der Waals surface area contributed by atoms with Crippen LogP contribution >= 0.6 is 0 Å². The van der Waals surface area contributed by atoms with Crippen LogP contribution in [-0.4, -0.2) is 37.4 Å². The van der Waals surface area contributed by atoms with Gasteiger partial charge in [-0.25, -0.2) is 4.98 Å². The highest BCUT2D eigenvalue weighted by molar-refractivity contribution is 6.13. The lowest BCUT2D eigenvalue weighted by Gasteiger charge is -2.15. The van der Waals surface area contributed by atoms with Crippen molar-refractivity contribution in [3.63, 3.8) is 0 Å². The van der Waals surface area contributed by atoms with Crippen LogP contribution in [0.15, 0.2) is 47.0 Å². The first kappa shape index (κ1) is 23.9. The van der Waals surface area contributed by atoms with E-state index in [1.807, 2.05) is 0 Å². The minimum absolute atomic E-state index is 0.0366. The second-order valence-corrected chi connectivity index (χ2v) is 7.41. The molecule has 2 aromatic heterocycles. The Kier molecular flexibility index (Phi) is 6.25. The maximum atomic E-state index is 13.6. The molecule has 0 aliphatic carbocycles. The SMILES string of the molecule is COc1cc(NC(=O)c2cc(-c3ccccc3C(F)(F)F)nc3onc(C)c23)cc(OC)c1OC. The van der Waals surface area contributed by atoms with Gasteiger partial charge in [-0.3, -0.25) is 4.79 Å². The molecule has 0 bridgehead atoms. The number of aryl methyl sites for hydroxylation is 1. The molecule has 0 saturated heterocycles. The van der Waals surface area contributed by atoms with Gasteiger partial charge < -0.3 is 24.1 Å². The summed E-state index contributed by atoms with van der Waals surface area (Å²) in [5.74, 6) is 0.329. The number of hydrogen-bond donors (Lipinski definition) is 1. The van der Waals surface area contributed by atoms with Gasteiger partial charge >= 0.3 is 6.18 Å². The molecule has 0 fully saturated rings. The average molecular weight is 487 g/mol. The van der Waals surface area contributed by atoms with Gasteiger partial charge in [0.05, 0.1) is 49.2 Å². The van der Waals surface area contributed by atoms with E-state index in [0.717, 1.165) is 6.07 Å². The molecule has 0 saturated carbocycles. The molecule has 0 atom stereocenters.